The van der Waals surface area contributed by atoms with Crippen molar-refractivity contribution < 1.29 is 9.47 Å². The Morgan fingerprint density at radius 2 is 1.81 bits per heavy atom. The highest BCUT2D eigenvalue weighted by Crippen LogP contribution is 2.28. The molecular formula is C21H30IN3O2. The quantitative estimate of drug-likeness (QED) is 0.329. The number of ether oxygens (including phenoxy) is 2. The van der Waals surface area contributed by atoms with Crippen LogP contribution >= 0.6 is 24.0 Å². The third-order valence-corrected chi connectivity index (χ3v) is 3.94. The molecule has 2 rings (SSSR count). The second-order valence-corrected chi connectivity index (χ2v) is 5.89. The van der Waals surface area contributed by atoms with Gasteiger partial charge in [-0.25, -0.2) is 4.99 Å². The first-order valence-corrected chi connectivity index (χ1v) is 9.07. The highest BCUT2D eigenvalue weighted by Gasteiger charge is 2.08. The topological polar surface area (TPSA) is 54.9 Å². The van der Waals surface area contributed by atoms with Crippen LogP contribution in [-0.2, 0) is 6.54 Å². The number of aliphatic imine (C=N–C) groups is 1. The van der Waals surface area contributed by atoms with E-state index in [4.69, 9.17) is 14.5 Å². The highest BCUT2D eigenvalue weighted by molar-refractivity contribution is 14.0. The molecule has 2 aromatic carbocycles. The monoisotopic (exact) mass is 483 g/mol. The normalized spacial score (nSPS) is 11.9. The summed E-state index contributed by atoms with van der Waals surface area (Å²) in [7, 11) is 1.65. The fraction of sp³-hybridized carbons (Fsp3) is 0.381. The van der Waals surface area contributed by atoms with Gasteiger partial charge in [-0.3, -0.25) is 0 Å². The van der Waals surface area contributed by atoms with Crippen LogP contribution in [0.5, 0.6) is 11.5 Å². The van der Waals surface area contributed by atoms with Crippen molar-refractivity contribution in [2.75, 3.05) is 20.3 Å². The Labute approximate surface area is 179 Å². The number of methoxy groups -OCH3 is 1. The van der Waals surface area contributed by atoms with E-state index in [0.717, 1.165) is 29.6 Å². The SMILES string of the molecule is CCNC(=NCc1ccc(OCC)c(OC)c1)NC(C)c1ccccc1.I. The first kappa shape index (κ1) is 23.1. The number of halogens is 1. The number of hydrogen-bond acceptors (Lipinski definition) is 3. The Bertz CT molecular complexity index is 708. The molecule has 148 valence electrons. The number of nitrogens with one attached hydrogen (secondary N) is 2. The smallest absolute Gasteiger partial charge is 0.192 e. The fourth-order valence-corrected chi connectivity index (χ4v) is 2.61. The molecule has 0 aliphatic rings. The van der Waals surface area contributed by atoms with Crippen molar-refractivity contribution in [2.24, 2.45) is 4.99 Å². The Morgan fingerprint density at radius 3 is 2.44 bits per heavy atom. The van der Waals surface area contributed by atoms with E-state index in [1.165, 1.54) is 5.56 Å². The molecule has 0 amide bonds. The lowest BCUT2D eigenvalue weighted by Crippen LogP contribution is -2.38. The average molecular weight is 483 g/mol. The van der Waals surface area contributed by atoms with Crippen molar-refractivity contribution in [1.29, 1.82) is 0 Å². The second-order valence-electron chi connectivity index (χ2n) is 5.89. The van der Waals surface area contributed by atoms with Crippen LogP contribution in [0.15, 0.2) is 53.5 Å². The van der Waals surface area contributed by atoms with E-state index in [1.54, 1.807) is 7.11 Å². The van der Waals surface area contributed by atoms with Crippen LogP contribution in [-0.4, -0.2) is 26.2 Å². The second kappa shape index (κ2) is 12.4. The lowest BCUT2D eigenvalue weighted by Gasteiger charge is -2.18. The van der Waals surface area contributed by atoms with Crippen LogP contribution in [0.25, 0.3) is 0 Å². The number of benzene rings is 2. The fourth-order valence-electron chi connectivity index (χ4n) is 2.61. The molecule has 0 fully saturated rings. The summed E-state index contributed by atoms with van der Waals surface area (Å²) in [6, 6.07) is 16.4. The van der Waals surface area contributed by atoms with Crippen molar-refractivity contribution in [3.05, 3.63) is 59.7 Å². The minimum absolute atomic E-state index is 0. The summed E-state index contributed by atoms with van der Waals surface area (Å²) in [6.45, 7) is 8.12. The third-order valence-electron chi connectivity index (χ3n) is 3.94. The van der Waals surface area contributed by atoms with Crippen LogP contribution in [0.3, 0.4) is 0 Å². The average Bonchev–Trinajstić information content (AvgIpc) is 2.68. The molecule has 1 atom stereocenters. The van der Waals surface area contributed by atoms with Gasteiger partial charge >= 0.3 is 0 Å². The van der Waals surface area contributed by atoms with Gasteiger partial charge in [-0.15, -0.1) is 24.0 Å². The van der Waals surface area contributed by atoms with E-state index in [1.807, 2.05) is 43.3 Å². The van der Waals surface area contributed by atoms with Crippen molar-refractivity contribution >= 4 is 29.9 Å². The largest absolute Gasteiger partial charge is 0.493 e. The molecule has 2 N–H and O–H groups in total. The van der Waals surface area contributed by atoms with Gasteiger partial charge in [-0.05, 0) is 44.0 Å². The molecule has 0 aromatic heterocycles. The first-order chi connectivity index (χ1) is 12.7. The zero-order chi connectivity index (χ0) is 18.8. The van der Waals surface area contributed by atoms with Gasteiger partial charge in [-0.2, -0.15) is 0 Å². The molecule has 0 aliphatic carbocycles. The maximum absolute atomic E-state index is 5.56. The van der Waals surface area contributed by atoms with E-state index in [0.29, 0.717) is 13.2 Å². The molecule has 5 nitrogen and oxygen atoms in total. The van der Waals surface area contributed by atoms with Gasteiger partial charge in [0.2, 0.25) is 0 Å². The first-order valence-electron chi connectivity index (χ1n) is 9.07. The minimum atomic E-state index is 0. The molecule has 0 saturated carbocycles. The number of rotatable bonds is 8. The van der Waals surface area contributed by atoms with Gasteiger partial charge in [0.1, 0.15) is 0 Å². The van der Waals surface area contributed by atoms with Crippen LogP contribution in [0.1, 0.15) is 37.9 Å². The van der Waals surface area contributed by atoms with Gasteiger partial charge in [-0.1, -0.05) is 36.4 Å². The summed E-state index contributed by atoms with van der Waals surface area (Å²) >= 11 is 0. The molecular weight excluding hydrogens is 453 g/mol. The van der Waals surface area contributed by atoms with E-state index in [-0.39, 0.29) is 30.0 Å². The molecule has 27 heavy (non-hydrogen) atoms. The van der Waals surface area contributed by atoms with Gasteiger partial charge in [0, 0.05) is 6.54 Å². The maximum atomic E-state index is 5.56. The Balaban J connectivity index is 0.00000364. The minimum Gasteiger partial charge on any atom is -0.493 e. The van der Waals surface area contributed by atoms with E-state index in [9.17, 15) is 0 Å². The van der Waals surface area contributed by atoms with Crippen molar-refractivity contribution in [2.45, 2.75) is 33.4 Å². The van der Waals surface area contributed by atoms with Gasteiger partial charge in [0.25, 0.3) is 0 Å². The maximum Gasteiger partial charge on any atom is 0.192 e. The predicted molar refractivity (Wildman–Crippen MR) is 122 cm³/mol. The summed E-state index contributed by atoms with van der Waals surface area (Å²) < 4.78 is 11.0. The van der Waals surface area contributed by atoms with E-state index in [2.05, 4.69) is 36.6 Å². The number of hydrogen-bond donors (Lipinski definition) is 2. The van der Waals surface area contributed by atoms with Gasteiger partial charge < -0.3 is 20.1 Å². The van der Waals surface area contributed by atoms with Gasteiger partial charge in [0.15, 0.2) is 17.5 Å². The van der Waals surface area contributed by atoms with Crippen molar-refractivity contribution in [3.63, 3.8) is 0 Å². The Morgan fingerprint density at radius 1 is 1.07 bits per heavy atom. The number of nitrogens with zero attached hydrogens (tertiary/aromatic N) is 1. The molecule has 1 unspecified atom stereocenters. The van der Waals surface area contributed by atoms with E-state index < -0.39 is 0 Å². The number of guanidine groups is 1. The van der Waals surface area contributed by atoms with E-state index >= 15 is 0 Å². The standard InChI is InChI=1S/C21H29N3O2.HI/c1-5-22-21(24-16(3)18-10-8-7-9-11-18)23-15-17-12-13-19(26-6-2)20(14-17)25-4;/h7-14,16H,5-6,15H2,1-4H3,(H2,22,23,24);1H. The molecule has 0 spiro atoms. The summed E-state index contributed by atoms with van der Waals surface area (Å²) in [5.41, 5.74) is 2.29. The lowest BCUT2D eigenvalue weighted by molar-refractivity contribution is 0.310. The Hall–Kier alpha value is -1.96. The highest BCUT2D eigenvalue weighted by atomic mass is 127. The van der Waals surface area contributed by atoms with Crippen LogP contribution in [0.2, 0.25) is 0 Å². The molecule has 0 heterocycles. The Kier molecular flexibility index (Phi) is 10.6. The van der Waals surface area contributed by atoms with Crippen LogP contribution in [0.4, 0.5) is 0 Å². The summed E-state index contributed by atoms with van der Waals surface area (Å²) in [5.74, 6) is 2.28. The van der Waals surface area contributed by atoms with Gasteiger partial charge in [0.05, 0.1) is 26.3 Å². The predicted octanol–water partition coefficient (Wildman–Crippen LogP) is 4.53. The van der Waals surface area contributed by atoms with Crippen molar-refractivity contribution in [3.8, 4) is 11.5 Å². The molecule has 0 saturated heterocycles. The molecule has 6 heteroatoms. The third kappa shape index (κ3) is 7.28. The van der Waals surface area contributed by atoms with Crippen molar-refractivity contribution in [1.82, 2.24) is 10.6 Å². The molecule has 0 aliphatic heterocycles. The van der Waals surface area contributed by atoms with Crippen LogP contribution in [0, 0.1) is 0 Å². The lowest BCUT2D eigenvalue weighted by atomic mass is 10.1. The zero-order valence-electron chi connectivity index (χ0n) is 16.5. The molecule has 0 bridgehead atoms. The van der Waals surface area contributed by atoms with Crippen LogP contribution < -0.4 is 20.1 Å². The summed E-state index contributed by atoms with van der Waals surface area (Å²) in [6.07, 6.45) is 0. The summed E-state index contributed by atoms with van der Waals surface area (Å²) in [5, 5.41) is 6.74. The molecule has 0 radical (unpaired) electrons. The zero-order valence-corrected chi connectivity index (χ0v) is 18.8. The summed E-state index contributed by atoms with van der Waals surface area (Å²) in [4.78, 5) is 4.70. The molecule has 2 aromatic rings.